The molecule has 180 valence electrons. The van der Waals surface area contributed by atoms with Crippen LogP contribution < -0.4 is 15.5 Å². The number of rotatable bonds is 6. The second kappa shape index (κ2) is 9.42. The Morgan fingerprint density at radius 2 is 1.67 bits per heavy atom. The number of hydrogen-bond donors (Lipinski definition) is 3. The number of carbonyl (C=O) groups excluding carboxylic acids is 2. The number of para-hydroxylation sites is 1. The van der Waals surface area contributed by atoms with Crippen molar-refractivity contribution >= 4 is 55.9 Å². The Kier molecular flexibility index (Phi) is 6.00. The number of benzene rings is 4. The molecule has 0 atom stereocenters. The lowest BCUT2D eigenvalue weighted by atomic mass is 10.1. The Hall–Kier alpha value is -4.85. The molecule has 1 aromatic heterocycles. The number of ether oxygens (including phenoxy) is 1. The monoisotopic (exact) mass is 481 g/mol. The molecular formula is C28H23N3O5. The Labute approximate surface area is 206 Å². The van der Waals surface area contributed by atoms with Crippen molar-refractivity contribution in [1.82, 2.24) is 5.43 Å². The lowest BCUT2D eigenvalue weighted by molar-refractivity contribution is -0.115. The SMILES string of the molecule is COc1cc2c(cc1NC(=O)CC(C)=NNC(=O)c1cc3ccccc3cc1O)oc1ccccc12. The molecule has 0 saturated heterocycles. The lowest BCUT2D eigenvalue weighted by Gasteiger charge is -2.10. The summed E-state index contributed by atoms with van der Waals surface area (Å²) in [5.41, 5.74) is 4.71. The number of anilines is 1. The number of carbonyl (C=O) groups is 2. The molecule has 8 heteroatoms. The van der Waals surface area contributed by atoms with Gasteiger partial charge < -0.3 is 19.6 Å². The average molecular weight is 482 g/mol. The minimum absolute atomic E-state index is 0.0642. The molecule has 0 unspecified atom stereocenters. The topological polar surface area (TPSA) is 113 Å². The van der Waals surface area contributed by atoms with Gasteiger partial charge in [-0.3, -0.25) is 9.59 Å². The maximum absolute atomic E-state index is 12.7. The number of phenols is 1. The van der Waals surface area contributed by atoms with Crippen LogP contribution in [0.15, 0.2) is 82.3 Å². The van der Waals surface area contributed by atoms with Crippen LogP contribution in [0.25, 0.3) is 32.7 Å². The molecule has 0 radical (unpaired) electrons. The fraction of sp³-hybridized carbons (Fsp3) is 0.107. The van der Waals surface area contributed by atoms with Crippen molar-refractivity contribution in [2.75, 3.05) is 12.4 Å². The van der Waals surface area contributed by atoms with E-state index in [4.69, 9.17) is 9.15 Å². The van der Waals surface area contributed by atoms with Crippen LogP contribution in [0.5, 0.6) is 11.5 Å². The summed E-state index contributed by atoms with van der Waals surface area (Å²) in [6.07, 6.45) is -0.0642. The maximum Gasteiger partial charge on any atom is 0.275 e. The highest BCUT2D eigenvalue weighted by atomic mass is 16.5. The van der Waals surface area contributed by atoms with E-state index in [2.05, 4.69) is 15.8 Å². The summed E-state index contributed by atoms with van der Waals surface area (Å²) in [5.74, 6) is -0.565. The van der Waals surface area contributed by atoms with E-state index in [1.807, 2.05) is 54.6 Å². The number of phenolic OH excluding ortho intramolecular Hbond substituents is 1. The zero-order chi connectivity index (χ0) is 25.2. The van der Waals surface area contributed by atoms with Gasteiger partial charge in [0.05, 0.1) is 24.8 Å². The van der Waals surface area contributed by atoms with E-state index < -0.39 is 5.91 Å². The summed E-state index contributed by atoms with van der Waals surface area (Å²) in [5, 5.41) is 20.6. The molecule has 4 aromatic carbocycles. The van der Waals surface area contributed by atoms with Crippen molar-refractivity contribution < 1.29 is 23.8 Å². The van der Waals surface area contributed by atoms with Gasteiger partial charge in [-0.2, -0.15) is 5.10 Å². The molecule has 1 heterocycles. The maximum atomic E-state index is 12.7. The van der Waals surface area contributed by atoms with Crippen molar-refractivity contribution in [2.45, 2.75) is 13.3 Å². The van der Waals surface area contributed by atoms with Crippen LogP contribution in [-0.4, -0.2) is 29.7 Å². The second-order valence-electron chi connectivity index (χ2n) is 8.38. The molecule has 5 rings (SSSR count). The van der Waals surface area contributed by atoms with Crippen LogP contribution >= 0.6 is 0 Å². The molecule has 0 spiro atoms. The molecule has 2 amide bonds. The number of nitrogens with zero attached hydrogens (tertiary/aromatic N) is 1. The minimum atomic E-state index is -0.574. The quantitative estimate of drug-likeness (QED) is 0.216. The largest absolute Gasteiger partial charge is 0.507 e. The molecule has 8 nitrogen and oxygen atoms in total. The molecule has 0 aliphatic carbocycles. The average Bonchev–Trinajstić information content (AvgIpc) is 3.23. The van der Waals surface area contributed by atoms with E-state index in [1.54, 1.807) is 19.1 Å². The van der Waals surface area contributed by atoms with Gasteiger partial charge in [0.2, 0.25) is 5.91 Å². The summed E-state index contributed by atoms with van der Waals surface area (Å²) in [6, 6.07) is 21.7. The Morgan fingerprint density at radius 3 is 2.44 bits per heavy atom. The standard InChI is InChI=1S/C28H23N3O5/c1-16(30-31-28(34)21-12-17-7-3-4-8-18(17)13-23(21)32)11-27(33)29-22-15-25-20(14-26(22)35-2)19-9-5-6-10-24(19)36-25/h3-10,12-15,32H,11H2,1-2H3,(H,29,33)(H,31,34). The van der Waals surface area contributed by atoms with Gasteiger partial charge in [0.15, 0.2) is 0 Å². The summed E-state index contributed by atoms with van der Waals surface area (Å²) in [4.78, 5) is 25.3. The molecule has 0 aliphatic heterocycles. The summed E-state index contributed by atoms with van der Waals surface area (Å²) in [7, 11) is 1.53. The Bertz CT molecular complexity index is 1670. The molecule has 5 aromatic rings. The predicted octanol–water partition coefficient (Wildman–Crippen LogP) is 5.59. The molecule has 3 N–H and O–H groups in total. The Morgan fingerprint density at radius 1 is 0.944 bits per heavy atom. The van der Waals surface area contributed by atoms with Gasteiger partial charge in [0.25, 0.3) is 5.91 Å². The van der Waals surface area contributed by atoms with Crippen LogP contribution in [0.3, 0.4) is 0 Å². The third kappa shape index (κ3) is 4.44. The van der Waals surface area contributed by atoms with Crippen LogP contribution in [0.1, 0.15) is 23.7 Å². The second-order valence-corrected chi connectivity index (χ2v) is 8.38. The number of hydrazone groups is 1. The van der Waals surface area contributed by atoms with E-state index >= 15 is 0 Å². The third-order valence-electron chi connectivity index (χ3n) is 5.85. The van der Waals surface area contributed by atoms with Crippen LogP contribution in [0.4, 0.5) is 5.69 Å². The fourth-order valence-corrected chi connectivity index (χ4v) is 4.10. The van der Waals surface area contributed by atoms with Gasteiger partial charge in [-0.25, -0.2) is 5.43 Å². The van der Waals surface area contributed by atoms with Gasteiger partial charge in [0.1, 0.15) is 22.7 Å². The number of methoxy groups -OCH3 is 1. The summed E-state index contributed by atoms with van der Waals surface area (Å²) in [6.45, 7) is 1.62. The number of amides is 2. The van der Waals surface area contributed by atoms with Crippen molar-refractivity contribution in [3.05, 3.63) is 78.4 Å². The van der Waals surface area contributed by atoms with Crippen molar-refractivity contribution in [2.24, 2.45) is 5.10 Å². The van der Waals surface area contributed by atoms with E-state index in [9.17, 15) is 14.7 Å². The van der Waals surface area contributed by atoms with E-state index in [0.717, 1.165) is 27.1 Å². The van der Waals surface area contributed by atoms with Gasteiger partial charge >= 0.3 is 0 Å². The van der Waals surface area contributed by atoms with Crippen molar-refractivity contribution in [1.29, 1.82) is 0 Å². The van der Waals surface area contributed by atoms with Gasteiger partial charge in [-0.05, 0) is 42.0 Å². The molecule has 0 fully saturated rings. The number of fused-ring (bicyclic) bond motifs is 4. The number of nitrogens with one attached hydrogen (secondary N) is 2. The number of furan rings is 1. The lowest BCUT2D eigenvalue weighted by Crippen LogP contribution is -2.21. The van der Waals surface area contributed by atoms with Crippen molar-refractivity contribution in [3.63, 3.8) is 0 Å². The molecule has 0 saturated carbocycles. The highest BCUT2D eigenvalue weighted by molar-refractivity contribution is 6.10. The normalized spacial score (nSPS) is 11.7. The Balaban J connectivity index is 1.29. The first-order valence-electron chi connectivity index (χ1n) is 11.3. The summed E-state index contributed by atoms with van der Waals surface area (Å²) >= 11 is 0. The number of aromatic hydroxyl groups is 1. The highest BCUT2D eigenvalue weighted by Crippen LogP contribution is 2.36. The molecule has 0 aliphatic rings. The van der Waals surface area contributed by atoms with E-state index in [0.29, 0.717) is 22.7 Å². The zero-order valence-corrected chi connectivity index (χ0v) is 19.7. The first kappa shape index (κ1) is 22.9. The number of hydrogen-bond acceptors (Lipinski definition) is 6. The van der Waals surface area contributed by atoms with Gasteiger partial charge in [-0.1, -0.05) is 42.5 Å². The third-order valence-corrected chi connectivity index (χ3v) is 5.85. The molecular weight excluding hydrogens is 458 g/mol. The van der Waals surface area contributed by atoms with Crippen LogP contribution in [0.2, 0.25) is 0 Å². The molecule has 36 heavy (non-hydrogen) atoms. The van der Waals surface area contributed by atoms with Gasteiger partial charge in [-0.15, -0.1) is 0 Å². The first-order chi connectivity index (χ1) is 17.4. The zero-order valence-electron chi connectivity index (χ0n) is 19.7. The minimum Gasteiger partial charge on any atom is -0.507 e. The first-order valence-corrected chi connectivity index (χ1v) is 11.3. The predicted molar refractivity (Wildman–Crippen MR) is 140 cm³/mol. The van der Waals surface area contributed by atoms with E-state index in [-0.39, 0.29) is 23.6 Å². The molecule has 0 bridgehead atoms. The van der Waals surface area contributed by atoms with Crippen LogP contribution in [0, 0.1) is 0 Å². The van der Waals surface area contributed by atoms with E-state index in [1.165, 1.54) is 13.2 Å². The fourth-order valence-electron chi connectivity index (χ4n) is 4.10. The van der Waals surface area contributed by atoms with Gasteiger partial charge in [0, 0.05) is 22.6 Å². The smallest absolute Gasteiger partial charge is 0.275 e. The summed E-state index contributed by atoms with van der Waals surface area (Å²) < 4.78 is 11.4. The highest BCUT2D eigenvalue weighted by Gasteiger charge is 2.16. The van der Waals surface area contributed by atoms with Crippen LogP contribution in [-0.2, 0) is 4.79 Å². The van der Waals surface area contributed by atoms with Crippen molar-refractivity contribution in [3.8, 4) is 11.5 Å².